The van der Waals surface area contributed by atoms with E-state index in [0.29, 0.717) is 18.1 Å². The largest absolute Gasteiger partial charge is 0.494 e. The molecule has 1 aromatic rings. The van der Waals surface area contributed by atoms with E-state index in [2.05, 4.69) is 5.32 Å². The minimum atomic E-state index is -4.62. The number of nitrogens with one attached hydrogen (secondary N) is 1. The summed E-state index contributed by atoms with van der Waals surface area (Å²) in [4.78, 5) is 13.5. The van der Waals surface area contributed by atoms with E-state index in [9.17, 15) is 23.1 Å². The molecule has 2 amide bonds. The molecule has 1 fully saturated rings. The highest BCUT2D eigenvalue weighted by Gasteiger charge is 2.48. The first-order valence-corrected chi connectivity index (χ1v) is 9.14. The maximum atomic E-state index is 13.8. The Labute approximate surface area is 156 Å². The van der Waals surface area contributed by atoms with Gasteiger partial charge in [0.05, 0.1) is 23.5 Å². The summed E-state index contributed by atoms with van der Waals surface area (Å²) in [5.74, 6) is 0.532. The van der Waals surface area contributed by atoms with Crippen LogP contribution in [0.25, 0.3) is 0 Å². The summed E-state index contributed by atoms with van der Waals surface area (Å²) in [5, 5.41) is 12.6. The molecule has 27 heavy (non-hydrogen) atoms. The molecule has 1 aliphatic heterocycles. The fourth-order valence-electron chi connectivity index (χ4n) is 3.64. The van der Waals surface area contributed by atoms with Crippen molar-refractivity contribution >= 4 is 11.7 Å². The Balaban J connectivity index is 1.97. The molecule has 3 rings (SSSR count). The highest BCUT2D eigenvalue weighted by molar-refractivity contribution is 5.97. The first kappa shape index (κ1) is 19.8. The number of anilines is 1. The molecule has 0 spiro atoms. The number of ether oxygens (including phenoxy) is 1. The van der Waals surface area contributed by atoms with Crippen LogP contribution in [0.15, 0.2) is 12.1 Å². The molecule has 0 bridgehead atoms. The van der Waals surface area contributed by atoms with Crippen molar-refractivity contribution in [1.29, 1.82) is 0 Å². The zero-order chi connectivity index (χ0) is 20.0. The lowest BCUT2D eigenvalue weighted by molar-refractivity contribution is -0.137. The Bertz CT molecular complexity index is 724. The topological polar surface area (TPSA) is 61.8 Å². The fourth-order valence-corrected chi connectivity index (χ4v) is 3.64. The molecule has 0 saturated heterocycles. The van der Waals surface area contributed by atoms with Crippen molar-refractivity contribution in [2.45, 2.75) is 64.4 Å². The summed E-state index contributed by atoms with van der Waals surface area (Å²) < 4.78 is 46.9. The predicted molar refractivity (Wildman–Crippen MR) is 94.8 cm³/mol. The van der Waals surface area contributed by atoms with Gasteiger partial charge in [0.25, 0.3) is 0 Å². The normalized spacial score (nSPS) is 25.1. The van der Waals surface area contributed by atoms with E-state index in [1.54, 1.807) is 13.0 Å². The van der Waals surface area contributed by atoms with Crippen LogP contribution in [0.1, 0.15) is 51.2 Å². The zero-order valence-electron chi connectivity index (χ0n) is 15.7. The van der Waals surface area contributed by atoms with Gasteiger partial charge in [0.1, 0.15) is 5.75 Å². The number of carbonyl (C=O) groups excluding carboxylic acids is 1. The number of halogens is 3. The zero-order valence-corrected chi connectivity index (χ0v) is 15.7. The van der Waals surface area contributed by atoms with Crippen molar-refractivity contribution in [2.75, 3.05) is 11.5 Å². The Kier molecular flexibility index (Phi) is 5.05. The molecule has 1 aromatic carbocycles. The van der Waals surface area contributed by atoms with Crippen LogP contribution in [0.2, 0.25) is 0 Å². The van der Waals surface area contributed by atoms with Gasteiger partial charge in [-0.05, 0) is 49.8 Å². The van der Waals surface area contributed by atoms with Crippen molar-refractivity contribution in [2.24, 2.45) is 5.92 Å². The van der Waals surface area contributed by atoms with Crippen LogP contribution in [0.5, 0.6) is 5.75 Å². The fraction of sp³-hybridized carbons (Fsp3) is 0.632. The van der Waals surface area contributed by atoms with E-state index in [4.69, 9.17) is 4.74 Å². The van der Waals surface area contributed by atoms with Gasteiger partial charge in [0.15, 0.2) is 0 Å². The second kappa shape index (κ2) is 6.89. The van der Waals surface area contributed by atoms with Crippen LogP contribution in [0.4, 0.5) is 23.7 Å². The predicted octanol–water partition coefficient (Wildman–Crippen LogP) is 4.07. The van der Waals surface area contributed by atoms with Crippen molar-refractivity contribution in [3.05, 3.63) is 23.3 Å². The molecule has 5 nitrogen and oxygen atoms in total. The Morgan fingerprint density at radius 1 is 1.37 bits per heavy atom. The monoisotopic (exact) mass is 386 g/mol. The number of amides is 2. The number of hydrogen-bond acceptors (Lipinski definition) is 3. The first-order chi connectivity index (χ1) is 12.5. The van der Waals surface area contributed by atoms with Crippen LogP contribution < -0.4 is 15.0 Å². The minimum absolute atomic E-state index is 0.0121. The van der Waals surface area contributed by atoms with E-state index >= 15 is 0 Å². The third kappa shape index (κ3) is 4.15. The number of aliphatic hydroxyl groups is 1. The molecule has 1 aliphatic carbocycles. The van der Waals surface area contributed by atoms with Gasteiger partial charge in [0.2, 0.25) is 0 Å². The van der Waals surface area contributed by atoms with Crippen molar-refractivity contribution in [3.8, 4) is 5.75 Å². The number of urea groups is 1. The lowest BCUT2D eigenvalue weighted by Crippen LogP contribution is -2.59. The van der Waals surface area contributed by atoms with Crippen LogP contribution >= 0.6 is 0 Å². The average molecular weight is 386 g/mol. The summed E-state index contributed by atoms with van der Waals surface area (Å²) >= 11 is 0. The van der Waals surface area contributed by atoms with Gasteiger partial charge in [-0.1, -0.05) is 13.8 Å². The van der Waals surface area contributed by atoms with Crippen LogP contribution in [0.3, 0.4) is 0 Å². The van der Waals surface area contributed by atoms with E-state index in [-0.39, 0.29) is 30.8 Å². The smallest absolute Gasteiger partial charge is 0.418 e. The molecular formula is C19H25F3N2O3. The van der Waals surface area contributed by atoms with Crippen molar-refractivity contribution < 1.29 is 27.8 Å². The molecule has 150 valence electrons. The molecule has 0 atom stereocenters. The Morgan fingerprint density at radius 2 is 2.04 bits per heavy atom. The number of fused-ring (bicyclic) bond motifs is 1. The summed E-state index contributed by atoms with van der Waals surface area (Å²) in [6.07, 6.45) is -3.41. The third-order valence-corrected chi connectivity index (χ3v) is 5.04. The first-order valence-electron chi connectivity index (χ1n) is 9.14. The average Bonchev–Trinajstić information content (AvgIpc) is 2.51. The second-order valence-electron chi connectivity index (χ2n) is 8.10. The molecule has 0 radical (unpaired) electrons. The quantitative estimate of drug-likeness (QED) is 0.802. The van der Waals surface area contributed by atoms with Gasteiger partial charge in [0, 0.05) is 12.6 Å². The molecule has 8 heteroatoms. The summed E-state index contributed by atoms with van der Waals surface area (Å²) in [6, 6.07) is 1.50. The van der Waals surface area contributed by atoms with E-state index in [1.807, 2.05) is 13.8 Å². The van der Waals surface area contributed by atoms with Crippen LogP contribution in [0, 0.1) is 5.92 Å². The lowest BCUT2D eigenvalue weighted by atomic mass is 9.76. The molecule has 1 heterocycles. The van der Waals surface area contributed by atoms with Crippen LogP contribution in [-0.2, 0) is 12.7 Å². The van der Waals surface area contributed by atoms with E-state index < -0.39 is 29.4 Å². The second-order valence-corrected chi connectivity index (χ2v) is 8.10. The van der Waals surface area contributed by atoms with Crippen molar-refractivity contribution in [1.82, 2.24) is 5.32 Å². The molecular weight excluding hydrogens is 361 g/mol. The summed E-state index contributed by atoms with van der Waals surface area (Å²) in [5.41, 5.74) is -1.58. The summed E-state index contributed by atoms with van der Waals surface area (Å²) in [7, 11) is 0. The highest BCUT2D eigenvalue weighted by Crippen LogP contribution is 2.46. The maximum absolute atomic E-state index is 13.8. The minimum Gasteiger partial charge on any atom is -0.494 e. The SMILES string of the molecule is CC(C)CCOc1cc2c(c(C(F)(F)F)c1)N([C@H]1C[C@@](C)(O)C1)C(=O)NC2. The molecule has 2 N–H and O–H groups in total. The number of nitrogens with zero attached hydrogens (tertiary/aromatic N) is 1. The van der Waals surface area contributed by atoms with Gasteiger partial charge >= 0.3 is 12.2 Å². The number of alkyl halides is 3. The standard InChI is InChI=1S/C19H25F3N2O3/c1-11(2)4-5-27-14-6-12-10-23-17(25)24(13-8-18(3,26)9-13)16(12)15(7-14)19(20,21)22/h6-7,11,13,26H,4-5,8-10H2,1-3H3,(H,23,25)/t13-,18+. The van der Waals surface area contributed by atoms with Gasteiger partial charge in [-0.25, -0.2) is 4.79 Å². The van der Waals surface area contributed by atoms with Crippen LogP contribution in [-0.4, -0.2) is 29.4 Å². The Hall–Kier alpha value is -1.96. The number of hydrogen-bond donors (Lipinski definition) is 2. The van der Waals surface area contributed by atoms with Gasteiger partial charge < -0.3 is 15.2 Å². The Morgan fingerprint density at radius 3 is 2.59 bits per heavy atom. The van der Waals surface area contributed by atoms with Crippen molar-refractivity contribution in [3.63, 3.8) is 0 Å². The van der Waals surface area contributed by atoms with Gasteiger partial charge in [-0.15, -0.1) is 0 Å². The summed E-state index contributed by atoms with van der Waals surface area (Å²) in [6.45, 7) is 5.98. The lowest BCUT2D eigenvalue weighted by Gasteiger charge is -2.48. The van der Waals surface area contributed by atoms with E-state index in [1.165, 1.54) is 0 Å². The van der Waals surface area contributed by atoms with Gasteiger partial charge in [-0.3, -0.25) is 4.90 Å². The number of carbonyl (C=O) groups is 1. The highest BCUT2D eigenvalue weighted by atomic mass is 19.4. The molecule has 2 aliphatic rings. The molecule has 0 aromatic heterocycles. The number of rotatable bonds is 5. The number of benzene rings is 1. The molecule has 0 unspecified atom stereocenters. The van der Waals surface area contributed by atoms with Gasteiger partial charge in [-0.2, -0.15) is 13.2 Å². The maximum Gasteiger partial charge on any atom is 0.418 e. The molecule has 1 saturated carbocycles. The third-order valence-electron chi connectivity index (χ3n) is 5.04. The van der Waals surface area contributed by atoms with E-state index in [0.717, 1.165) is 17.4 Å².